The fourth-order valence-corrected chi connectivity index (χ4v) is 2.77. The van der Waals surface area contributed by atoms with E-state index in [1.165, 1.54) is 0 Å². The number of likely N-dealkylation sites (tertiary alicyclic amines) is 1. The van der Waals surface area contributed by atoms with Crippen LogP contribution >= 0.6 is 12.2 Å². The molecule has 0 aliphatic carbocycles. The fraction of sp³-hybridized carbons (Fsp3) is 0.467. The lowest BCUT2D eigenvalue weighted by Crippen LogP contribution is -2.42. The zero-order valence-corrected chi connectivity index (χ0v) is 12.5. The van der Waals surface area contributed by atoms with Crippen LogP contribution in [0.3, 0.4) is 0 Å². The molecule has 20 heavy (non-hydrogen) atoms. The van der Waals surface area contributed by atoms with Crippen molar-refractivity contribution in [2.75, 3.05) is 20.2 Å². The molecule has 1 fully saturated rings. The van der Waals surface area contributed by atoms with Crippen LogP contribution in [-0.2, 0) is 11.2 Å². The molecule has 2 N–H and O–H groups in total. The third kappa shape index (κ3) is 3.48. The van der Waals surface area contributed by atoms with Crippen LogP contribution in [0.1, 0.15) is 18.4 Å². The molecule has 0 saturated carbocycles. The summed E-state index contributed by atoms with van der Waals surface area (Å²) < 4.78 is 5.28. The molecule has 1 saturated heterocycles. The first kappa shape index (κ1) is 14.8. The molecule has 0 spiro atoms. The molecule has 0 atom stereocenters. The van der Waals surface area contributed by atoms with Crippen molar-refractivity contribution in [2.45, 2.75) is 19.3 Å². The largest absolute Gasteiger partial charge is 0.496 e. The molecule has 0 radical (unpaired) electrons. The van der Waals surface area contributed by atoms with E-state index < -0.39 is 0 Å². The van der Waals surface area contributed by atoms with Crippen molar-refractivity contribution in [2.24, 2.45) is 11.7 Å². The van der Waals surface area contributed by atoms with E-state index in [4.69, 9.17) is 22.7 Å². The van der Waals surface area contributed by atoms with Gasteiger partial charge in [0.05, 0.1) is 18.5 Å². The standard InChI is InChI=1S/C15H20N2O2S/c1-19-13-5-3-2-4-12(13)10-14(18)17-8-6-11(7-9-17)15(16)20/h2-5,11H,6-10H2,1H3,(H2,16,20). The van der Waals surface area contributed by atoms with Crippen LogP contribution in [0.15, 0.2) is 24.3 Å². The first-order valence-electron chi connectivity index (χ1n) is 6.80. The summed E-state index contributed by atoms with van der Waals surface area (Å²) >= 11 is 5.02. The fourth-order valence-electron chi connectivity index (χ4n) is 2.54. The average molecular weight is 292 g/mol. The van der Waals surface area contributed by atoms with Gasteiger partial charge in [-0.05, 0) is 18.9 Å². The van der Waals surface area contributed by atoms with E-state index in [0.717, 1.165) is 37.2 Å². The first-order valence-corrected chi connectivity index (χ1v) is 7.21. The quantitative estimate of drug-likeness (QED) is 0.859. The maximum Gasteiger partial charge on any atom is 0.227 e. The zero-order chi connectivity index (χ0) is 14.5. The Morgan fingerprint density at radius 2 is 2.05 bits per heavy atom. The van der Waals surface area contributed by atoms with Crippen molar-refractivity contribution in [1.82, 2.24) is 4.90 Å². The van der Waals surface area contributed by atoms with E-state index in [2.05, 4.69) is 0 Å². The normalized spacial score (nSPS) is 15.9. The molecule has 1 heterocycles. The summed E-state index contributed by atoms with van der Waals surface area (Å²) in [5.74, 6) is 1.18. The molecular formula is C15H20N2O2S. The van der Waals surface area contributed by atoms with Crippen LogP contribution in [0.5, 0.6) is 5.75 Å². The summed E-state index contributed by atoms with van der Waals surface area (Å²) in [5.41, 5.74) is 6.59. The van der Waals surface area contributed by atoms with Crippen molar-refractivity contribution < 1.29 is 9.53 Å². The number of nitrogens with two attached hydrogens (primary N) is 1. The number of ether oxygens (including phenoxy) is 1. The summed E-state index contributed by atoms with van der Waals surface area (Å²) in [6, 6.07) is 7.63. The van der Waals surface area contributed by atoms with Gasteiger partial charge in [-0.1, -0.05) is 30.4 Å². The molecule has 0 aromatic heterocycles. The molecule has 0 bridgehead atoms. The summed E-state index contributed by atoms with van der Waals surface area (Å²) in [6.07, 6.45) is 2.11. The Morgan fingerprint density at radius 3 is 2.65 bits per heavy atom. The van der Waals surface area contributed by atoms with E-state index in [0.29, 0.717) is 11.4 Å². The first-order chi connectivity index (χ1) is 9.61. The number of methoxy groups -OCH3 is 1. The lowest BCUT2D eigenvalue weighted by molar-refractivity contribution is -0.131. The van der Waals surface area contributed by atoms with Crippen LogP contribution in [0.25, 0.3) is 0 Å². The van der Waals surface area contributed by atoms with Gasteiger partial charge in [-0.25, -0.2) is 0 Å². The molecule has 108 valence electrons. The van der Waals surface area contributed by atoms with Crippen LogP contribution in [0, 0.1) is 5.92 Å². The topological polar surface area (TPSA) is 55.6 Å². The number of para-hydroxylation sites is 1. The van der Waals surface area contributed by atoms with Gasteiger partial charge in [-0.15, -0.1) is 0 Å². The highest BCUT2D eigenvalue weighted by molar-refractivity contribution is 7.80. The van der Waals surface area contributed by atoms with Crippen LogP contribution < -0.4 is 10.5 Å². The van der Waals surface area contributed by atoms with Crippen LogP contribution in [0.2, 0.25) is 0 Å². The summed E-state index contributed by atoms with van der Waals surface area (Å²) in [7, 11) is 1.62. The number of hydrogen-bond donors (Lipinski definition) is 1. The Bertz CT molecular complexity index is 496. The number of hydrogen-bond acceptors (Lipinski definition) is 3. The molecule has 1 aromatic carbocycles. The maximum absolute atomic E-state index is 12.3. The molecular weight excluding hydrogens is 272 g/mol. The van der Waals surface area contributed by atoms with Gasteiger partial charge < -0.3 is 15.4 Å². The van der Waals surface area contributed by atoms with E-state index in [1.54, 1.807) is 7.11 Å². The molecule has 5 heteroatoms. The zero-order valence-electron chi connectivity index (χ0n) is 11.7. The Morgan fingerprint density at radius 1 is 1.40 bits per heavy atom. The second kappa shape index (κ2) is 6.70. The van der Waals surface area contributed by atoms with E-state index in [1.807, 2.05) is 29.2 Å². The maximum atomic E-state index is 12.3. The monoisotopic (exact) mass is 292 g/mol. The van der Waals surface area contributed by atoms with Gasteiger partial charge in [0.25, 0.3) is 0 Å². The highest BCUT2D eigenvalue weighted by atomic mass is 32.1. The van der Waals surface area contributed by atoms with Crippen molar-refractivity contribution in [3.63, 3.8) is 0 Å². The predicted molar refractivity (Wildman–Crippen MR) is 82.8 cm³/mol. The number of rotatable bonds is 4. The number of nitrogens with zero attached hydrogens (tertiary/aromatic N) is 1. The molecule has 1 aliphatic rings. The number of carbonyl (C=O) groups is 1. The average Bonchev–Trinajstić information content (AvgIpc) is 2.48. The minimum absolute atomic E-state index is 0.135. The molecule has 0 unspecified atom stereocenters. The van der Waals surface area contributed by atoms with Gasteiger partial charge in [0.1, 0.15) is 5.75 Å². The third-order valence-corrected chi connectivity index (χ3v) is 4.12. The number of thiocarbonyl (C=S) groups is 1. The predicted octanol–water partition coefficient (Wildman–Crippen LogP) is 1.76. The number of benzene rings is 1. The lowest BCUT2D eigenvalue weighted by Gasteiger charge is -2.31. The van der Waals surface area contributed by atoms with Gasteiger partial charge in [0.2, 0.25) is 5.91 Å². The number of piperidine rings is 1. The molecule has 1 aliphatic heterocycles. The highest BCUT2D eigenvalue weighted by Gasteiger charge is 2.24. The van der Waals surface area contributed by atoms with Crippen LogP contribution in [0.4, 0.5) is 0 Å². The van der Waals surface area contributed by atoms with Crippen molar-refractivity contribution in [3.05, 3.63) is 29.8 Å². The van der Waals surface area contributed by atoms with Crippen molar-refractivity contribution in [1.29, 1.82) is 0 Å². The van der Waals surface area contributed by atoms with E-state index >= 15 is 0 Å². The Labute approximate surface area is 124 Å². The lowest BCUT2D eigenvalue weighted by atomic mass is 9.96. The number of amides is 1. The van der Waals surface area contributed by atoms with Gasteiger partial charge in [-0.2, -0.15) is 0 Å². The summed E-state index contributed by atoms with van der Waals surface area (Å²) in [5, 5.41) is 0. The molecule has 4 nitrogen and oxygen atoms in total. The van der Waals surface area contributed by atoms with E-state index in [-0.39, 0.29) is 11.8 Å². The number of carbonyl (C=O) groups excluding carboxylic acids is 1. The van der Waals surface area contributed by atoms with Crippen molar-refractivity contribution in [3.8, 4) is 5.75 Å². The van der Waals surface area contributed by atoms with Gasteiger partial charge >= 0.3 is 0 Å². The molecule has 1 aromatic rings. The van der Waals surface area contributed by atoms with Gasteiger partial charge in [0.15, 0.2) is 0 Å². The van der Waals surface area contributed by atoms with E-state index in [9.17, 15) is 4.79 Å². The second-order valence-corrected chi connectivity index (χ2v) is 5.52. The highest BCUT2D eigenvalue weighted by Crippen LogP contribution is 2.21. The van der Waals surface area contributed by atoms with Gasteiger partial charge in [0, 0.05) is 24.6 Å². The van der Waals surface area contributed by atoms with Crippen molar-refractivity contribution >= 4 is 23.1 Å². The SMILES string of the molecule is COc1ccccc1CC(=O)N1CCC(C(N)=S)CC1. The Balaban J connectivity index is 1.94. The molecule has 2 rings (SSSR count). The summed E-state index contributed by atoms with van der Waals surface area (Å²) in [4.78, 5) is 14.8. The second-order valence-electron chi connectivity index (χ2n) is 5.05. The Hall–Kier alpha value is -1.62. The minimum atomic E-state index is 0.135. The molecule has 1 amide bonds. The van der Waals surface area contributed by atoms with Crippen LogP contribution in [-0.4, -0.2) is 36.0 Å². The smallest absolute Gasteiger partial charge is 0.227 e. The van der Waals surface area contributed by atoms with Gasteiger partial charge in [-0.3, -0.25) is 4.79 Å². The minimum Gasteiger partial charge on any atom is -0.496 e. The Kier molecular flexibility index (Phi) is 4.95. The third-order valence-electron chi connectivity index (χ3n) is 3.78. The summed E-state index contributed by atoms with van der Waals surface area (Å²) in [6.45, 7) is 1.46.